The number of carbonyl (C=O) groups excluding carboxylic acids is 2. The molecular weight excluding hydrogens is 492 g/mol. The second kappa shape index (κ2) is 15.6. The second-order valence-corrected chi connectivity index (χ2v) is 11.2. The van der Waals surface area contributed by atoms with Crippen molar-refractivity contribution in [3.8, 4) is 0 Å². The molecule has 0 bridgehead atoms. The smallest absolute Gasteiger partial charge is 0.409 e. The molecule has 3 atom stereocenters. The van der Waals surface area contributed by atoms with E-state index in [0.29, 0.717) is 19.6 Å². The summed E-state index contributed by atoms with van der Waals surface area (Å²) in [7, 11) is 3.21. The lowest BCUT2D eigenvalue weighted by Crippen LogP contribution is -2.31. The van der Waals surface area contributed by atoms with Gasteiger partial charge in [-0.2, -0.15) is 0 Å². The van der Waals surface area contributed by atoms with Gasteiger partial charge in [-0.15, -0.1) is 0 Å². The lowest BCUT2D eigenvalue weighted by Gasteiger charge is -2.30. The zero-order chi connectivity index (χ0) is 29.1. The molecule has 1 fully saturated rings. The Morgan fingerprint density at radius 2 is 1.90 bits per heavy atom. The topological polar surface area (TPSA) is 77.1 Å². The number of methoxy groups -OCH3 is 1. The molecule has 0 aromatic carbocycles. The van der Waals surface area contributed by atoms with Gasteiger partial charge in [0.2, 0.25) is 0 Å². The Bertz CT molecular complexity index is 991. The zero-order valence-electron chi connectivity index (χ0n) is 25.2. The molecule has 0 aromatic heterocycles. The predicted octanol–water partition coefficient (Wildman–Crippen LogP) is 6.90. The van der Waals surface area contributed by atoms with Crippen molar-refractivity contribution >= 4 is 12.1 Å². The maximum absolute atomic E-state index is 12.5. The third kappa shape index (κ3) is 9.33. The van der Waals surface area contributed by atoms with Crippen LogP contribution in [-0.4, -0.2) is 50.9 Å². The van der Waals surface area contributed by atoms with Crippen LogP contribution in [0.5, 0.6) is 0 Å². The summed E-state index contributed by atoms with van der Waals surface area (Å²) in [5, 5.41) is 3.44. The van der Waals surface area contributed by atoms with Gasteiger partial charge >= 0.3 is 12.1 Å². The molecular formula is C32H50N2O5. The van der Waals surface area contributed by atoms with Gasteiger partial charge in [-0.05, 0) is 55.7 Å². The number of esters is 1. The molecule has 0 aromatic rings. The number of ether oxygens (including phenoxy) is 3. The third-order valence-electron chi connectivity index (χ3n) is 7.68. The normalized spacial score (nSPS) is 22.2. The molecule has 7 nitrogen and oxygen atoms in total. The molecule has 218 valence electrons. The molecule has 0 aliphatic heterocycles. The summed E-state index contributed by atoms with van der Waals surface area (Å²) in [4.78, 5) is 26.4. The van der Waals surface area contributed by atoms with E-state index in [0.717, 1.165) is 66.0 Å². The van der Waals surface area contributed by atoms with Crippen LogP contribution in [0.3, 0.4) is 0 Å². The fraction of sp³-hybridized carbons (Fsp3) is 0.625. The van der Waals surface area contributed by atoms with Crippen molar-refractivity contribution < 1.29 is 23.8 Å². The first-order valence-corrected chi connectivity index (χ1v) is 14.3. The Morgan fingerprint density at radius 3 is 2.51 bits per heavy atom. The van der Waals surface area contributed by atoms with Gasteiger partial charge in [0.1, 0.15) is 12.4 Å². The van der Waals surface area contributed by atoms with Gasteiger partial charge in [0.25, 0.3) is 0 Å². The molecule has 0 spiro atoms. The van der Waals surface area contributed by atoms with Gasteiger partial charge < -0.3 is 24.4 Å². The molecule has 0 radical (unpaired) electrons. The van der Waals surface area contributed by atoms with E-state index in [4.69, 9.17) is 14.2 Å². The van der Waals surface area contributed by atoms with Crippen LogP contribution in [-0.2, 0) is 19.0 Å². The van der Waals surface area contributed by atoms with E-state index >= 15 is 0 Å². The minimum Gasteiger partial charge on any atom is -0.497 e. The summed E-state index contributed by atoms with van der Waals surface area (Å²) in [6.07, 6.45) is 9.24. The van der Waals surface area contributed by atoms with Crippen LogP contribution in [0, 0.1) is 23.7 Å². The highest BCUT2D eigenvalue weighted by Gasteiger charge is 2.33. The molecule has 1 unspecified atom stereocenters. The van der Waals surface area contributed by atoms with Crippen molar-refractivity contribution in [2.24, 2.45) is 23.7 Å². The first-order valence-electron chi connectivity index (χ1n) is 14.3. The molecule has 0 saturated heterocycles. The van der Waals surface area contributed by atoms with Crippen LogP contribution in [0.1, 0.15) is 73.1 Å². The average molecular weight is 543 g/mol. The fourth-order valence-electron chi connectivity index (χ4n) is 5.19. The van der Waals surface area contributed by atoms with E-state index in [-0.39, 0.29) is 42.3 Å². The van der Waals surface area contributed by atoms with Crippen LogP contribution in [0.25, 0.3) is 0 Å². The number of hydrogen-bond donors (Lipinski definition) is 1. The second-order valence-electron chi connectivity index (χ2n) is 11.2. The third-order valence-corrected chi connectivity index (χ3v) is 7.68. The average Bonchev–Trinajstić information content (AvgIpc) is 3.04. The number of rotatable bonds is 12. The van der Waals surface area contributed by atoms with Gasteiger partial charge in [0, 0.05) is 36.8 Å². The van der Waals surface area contributed by atoms with Crippen molar-refractivity contribution in [3.63, 3.8) is 0 Å². The molecule has 0 heterocycles. The summed E-state index contributed by atoms with van der Waals surface area (Å²) in [5.74, 6) is 0.897. The van der Waals surface area contributed by atoms with E-state index < -0.39 is 0 Å². The van der Waals surface area contributed by atoms with Gasteiger partial charge in [0.15, 0.2) is 0 Å². The number of nitrogens with zero attached hydrogens (tertiary/aromatic N) is 1. The van der Waals surface area contributed by atoms with Crippen molar-refractivity contribution in [2.75, 3.05) is 33.9 Å². The number of hydrogen-bond acceptors (Lipinski definition) is 6. The molecule has 1 saturated carbocycles. The summed E-state index contributed by atoms with van der Waals surface area (Å²) in [6.45, 7) is 20.0. The number of allylic oxidation sites excluding steroid dienone is 5. The first kappa shape index (κ1) is 32.3. The highest BCUT2D eigenvalue weighted by atomic mass is 16.6. The first-order chi connectivity index (χ1) is 18.5. The largest absolute Gasteiger partial charge is 0.497 e. The van der Waals surface area contributed by atoms with E-state index in [9.17, 15) is 9.59 Å². The van der Waals surface area contributed by atoms with E-state index in [2.05, 4.69) is 45.3 Å². The Kier molecular flexibility index (Phi) is 12.9. The predicted molar refractivity (Wildman–Crippen MR) is 157 cm³/mol. The van der Waals surface area contributed by atoms with Crippen molar-refractivity contribution in [2.45, 2.75) is 73.1 Å². The number of amides is 1. The Labute approximate surface area is 236 Å². The lowest BCUT2D eigenvalue weighted by molar-refractivity contribution is -0.149. The maximum Gasteiger partial charge on any atom is 0.409 e. The van der Waals surface area contributed by atoms with Gasteiger partial charge in [-0.1, -0.05) is 65.3 Å². The molecule has 2 aliphatic rings. The Hall–Kier alpha value is -2.96. The highest BCUT2D eigenvalue weighted by molar-refractivity contribution is 5.72. The maximum atomic E-state index is 12.5. The monoisotopic (exact) mass is 542 g/mol. The Balaban J connectivity index is 2.34. The zero-order valence-corrected chi connectivity index (χ0v) is 25.2. The molecule has 39 heavy (non-hydrogen) atoms. The molecule has 2 aliphatic carbocycles. The Morgan fingerprint density at radius 1 is 1.21 bits per heavy atom. The van der Waals surface area contributed by atoms with Crippen LogP contribution < -0.4 is 5.32 Å². The van der Waals surface area contributed by atoms with E-state index in [1.165, 1.54) is 7.11 Å². The molecule has 1 N–H and O–H groups in total. The van der Waals surface area contributed by atoms with Crippen LogP contribution in [0.4, 0.5) is 4.79 Å². The quantitative estimate of drug-likeness (QED) is 0.213. The lowest BCUT2D eigenvalue weighted by atomic mass is 9.79. The molecule has 1 amide bonds. The molecule has 2 rings (SSSR count). The van der Waals surface area contributed by atoms with Crippen molar-refractivity contribution in [3.05, 3.63) is 59.2 Å². The van der Waals surface area contributed by atoms with Gasteiger partial charge in [-0.3, -0.25) is 4.79 Å². The van der Waals surface area contributed by atoms with E-state index in [1.807, 2.05) is 19.9 Å². The van der Waals surface area contributed by atoms with Gasteiger partial charge in [0.05, 0.1) is 19.6 Å². The van der Waals surface area contributed by atoms with Gasteiger partial charge in [-0.25, -0.2) is 4.79 Å². The summed E-state index contributed by atoms with van der Waals surface area (Å²) in [6, 6.07) is 0. The summed E-state index contributed by atoms with van der Waals surface area (Å²) in [5.41, 5.74) is 4.77. The van der Waals surface area contributed by atoms with Crippen LogP contribution in [0.2, 0.25) is 0 Å². The van der Waals surface area contributed by atoms with Crippen LogP contribution >= 0.6 is 0 Å². The number of nitrogens with one attached hydrogen (secondary N) is 1. The summed E-state index contributed by atoms with van der Waals surface area (Å²) >= 11 is 0. The standard InChI is InChI=1S/C32H50N2O5/c1-10-17-34(8)32(36)39-20-28(21(2)3)30(33-22(4)5)25-15-16-29(24(7)23(6)18-25)38-19-26-13-11-12-14-27(26)31(35)37-9/h15-16,21,24,26-27,33H,4,6,10-14,17-20H2,1-3,5,7-9H3/b30-28-/t24?,26-,27+/m1/s1. The van der Waals surface area contributed by atoms with Crippen molar-refractivity contribution in [1.29, 1.82) is 0 Å². The van der Waals surface area contributed by atoms with Crippen LogP contribution in [0.15, 0.2) is 59.2 Å². The summed E-state index contributed by atoms with van der Waals surface area (Å²) < 4.78 is 17.1. The van der Waals surface area contributed by atoms with Crippen molar-refractivity contribution in [1.82, 2.24) is 10.2 Å². The minimum atomic E-state index is -0.332. The molecule has 7 heteroatoms. The number of carbonyl (C=O) groups is 2. The highest BCUT2D eigenvalue weighted by Crippen LogP contribution is 2.36. The fourth-order valence-corrected chi connectivity index (χ4v) is 5.19. The van der Waals surface area contributed by atoms with E-state index in [1.54, 1.807) is 11.9 Å². The SMILES string of the molecule is C=C(C)N/C(C1=CC=C(OC[C@H]2CCCC[C@@H]2C(=O)OC)C(C)C(=C)C1)=C(/COC(=O)N(C)CCC)C(C)C. The minimum absolute atomic E-state index is 0.0213.